The molecule has 106 valence electrons. The van der Waals surface area contributed by atoms with Crippen LogP contribution in [0.2, 0.25) is 0 Å². The minimum Gasteiger partial charge on any atom is -0.370 e. The number of pyridine rings is 1. The molecule has 0 aromatic carbocycles. The van der Waals surface area contributed by atoms with E-state index < -0.39 is 4.92 Å². The Balaban J connectivity index is 2.83. The van der Waals surface area contributed by atoms with Crippen molar-refractivity contribution in [2.24, 2.45) is 0 Å². The number of rotatable bonds is 8. The maximum Gasteiger partial charge on any atom is 0.276 e. The molecule has 1 unspecified atom stereocenters. The van der Waals surface area contributed by atoms with E-state index in [0.29, 0.717) is 18.2 Å². The van der Waals surface area contributed by atoms with Crippen molar-refractivity contribution in [3.05, 3.63) is 22.2 Å². The van der Waals surface area contributed by atoms with E-state index in [1.54, 1.807) is 0 Å². The van der Waals surface area contributed by atoms with E-state index in [1.807, 2.05) is 25.6 Å². The number of hydrogen-bond donors (Lipinski definition) is 2. The monoisotopic (exact) mass is 284 g/mol. The molecule has 0 saturated heterocycles. The topological polar surface area (TPSA) is 80.1 Å². The van der Waals surface area contributed by atoms with Gasteiger partial charge in [-0.25, -0.2) is 4.98 Å². The summed E-state index contributed by atoms with van der Waals surface area (Å²) in [7, 11) is 0. The summed E-state index contributed by atoms with van der Waals surface area (Å²) in [4.78, 5) is 14.8. The zero-order chi connectivity index (χ0) is 14.3. The molecule has 0 fully saturated rings. The maximum absolute atomic E-state index is 10.9. The Kier molecular flexibility index (Phi) is 6.41. The number of hydrogen-bond acceptors (Lipinski definition) is 6. The van der Waals surface area contributed by atoms with Gasteiger partial charge < -0.3 is 10.6 Å². The lowest BCUT2D eigenvalue weighted by molar-refractivity contribution is -0.384. The van der Waals surface area contributed by atoms with E-state index in [4.69, 9.17) is 0 Å². The van der Waals surface area contributed by atoms with Crippen LogP contribution in [0.3, 0.4) is 0 Å². The van der Waals surface area contributed by atoms with Crippen LogP contribution >= 0.6 is 11.8 Å². The molecule has 0 aliphatic rings. The lowest BCUT2D eigenvalue weighted by Crippen LogP contribution is -2.19. The van der Waals surface area contributed by atoms with Gasteiger partial charge in [0.2, 0.25) is 0 Å². The predicted octanol–water partition coefficient (Wildman–Crippen LogP) is 2.98. The minimum absolute atomic E-state index is 0.0452. The highest BCUT2D eigenvalue weighted by Crippen LogP contribution is 2.21. The van der Waals surface area contributed by atoms with Crippen molar-refractivity contribution in [1.82, 2.24) is 4.98 Å². The molecule has 1 aromatic rings. The van der Waals surface area contributed by atoms with Gasteiger partial charge >= 0.3 is 0 Å². The van der Waals surface area contributed by atoms with Gasteiger partial charge in [0.15, 0.2) is 0 Å². The van der Waals surface area contributed by atoms with Crippen molar-refractivity contribution in [1.29, 1.82) is 0 Å². The molecule has 2 N–H and O–H groups in total. The van der Waals surface area contributed by atoms with Crippen LogP contribution in [0.15, 0.2) is 12.1 Å². The molecule has 0 saturated carbocycles. The molecular weight excluding hydrogens is 264 g/mol. The van der Waals surface area contributed by atoms with Crippen molar-refractivity contribution in [3.63, 3.8) is 0 Å². The number of anilines is 2. The fraction of sp³-hybridized carbons (Fsp3) is 0.583. The minimum atomic E-state index is -0.404. The van der Waals surface area contributed by atoms with Crippen molar-refractivity contribution in [2.75, 3.05) is 28.7 Å². The van der Waals surface area contributed by atoms with Crippen LogP contribution in [0.5, 0.6) is 0 Å². The van der Waals surface area contributed by atoms with E-state index in [9.17, 15) is 10.1 Å². The van der Waals surface area contributed by atoms with Crippen molar-refractivity contribution >= 4 is 29.1 Å². The van der Waals surface area contributed by atoms with Crippen molar-refractivity contribution in [3.8, 4) is 0 Å². The smallest absolute Gasteiger partial charge is 0.276 e. The predicted molar refractivity (Wildman–Crippen MR) is 81.1 cm³/mol. The summed E-state index contributed by atoms with van der Waals surface area (Å²) >= 11 is 1.82. The SMILES string of the molecule is CCNc1cc([N+](=O)[O-])cc(NC(C)CSCC)n1. The Hall–Kier alpha value is -1.50. The average molecular weight is 284 g/mol. The number of nitrogens with one attached hydrogen (secondary N) is 2. The van der Waals surface area contributed by atoms with Crippen LogP contribution in [0.4, 0.5) is 17.3 Å². The van der Waals surface area contributed by atoms with Gasteiger partial charge in [0.05, 0.1) is 17.1 Å². The van der Waals surface area contributed by atoms with Crippen LogP contribution < -0.4 is 10.6 Å². The largest absolute Gasteiger partial charge is 0.370 e. The van der Waals surface area contributed by atoms with Crippen molar-refractivity contribution in [2.45, 2.75) is 26.8 Å². The first-order valence-corrected chi connectivity index (χ1v) is 7.46. The number of nitrogens with zero attached hydrogens (tertiary/aromatic N) is 2. The van der Waals surface area contributed by atoms with Gasteiger partial charge in [0.1, 0.15) is 11.6 Å². The second-order valence-corrected chi connectivity index (χ2v) is 5.41. The third kappa shape index (κ3) is 5.34. The van der Waals surface area contributed by atoms with Gasteiger partial charge in [0.25, 0.3) is 5.69 Å². The maximum atomic E-state index is 10.9. The van der Waals surface area contributed by atoms with E-state index in [-0.39, 0.29) is 11.7 Å². The van der Waals surface area contributed by atoms with Crippen LogP contribution in [-0.2, 0) is 0 Å². The number of nitro groups is 1. The highest BCUT2D eigenvalue weighted by molar-refractivity contribution is 7.99. The molecule has 1 heterocycles. The Labute approximate surface area is 117 Å². The van der Waals surface area contributed by atoms with Gasteiger partial charge in [-0.05, 0) is 19.6 Å². The van der Waals surface area contributed by atoms with Gasteiger partial charge in [-0.15, -0.1) is 0 Å². The Morgan fingerprint density at radius 1 is 1.42 bits per heavy atom. The molecule has 0 amide bonds. The lowest BCUT2D eigenvalue weighted by atomic mass is 10.3. The molecule has 0 aliphatic carbocycles. The molecule has 6 nitrogen and oxygen atoms in total. The summed E-state index contributed by atoms with van der Waals surface area (Å²) in [5.74, 6) is 3.05. The quantitative estimate of drug-likeness (QED) is 0.564. The molecule has 19 heavy (non-hydrogen) atoms. The summed E-state index contributed by atoms with van der Waals surface area (Å²) in [6.45, 7) is 6.74. The highest BCUT2D eigenvalue weighted by Gasteiger charge is 2.12. The number of aromatic nitrogens is 1. The first-order chi connectivity index (χ1) is 9.06. The lowest BCUT2D eigenvalue weighted by Gasteiger charge is -2.14. The van der Waals surface area contributed by atoms with Crippen LogP contribution in [0.1, 0.15) is 20.8 Å². The first-order valence-electron chi connectivity index (χ1n) is 6.31. The van der Waals surface area contributed by atoms with Gasteiger partial charge in [-0.1, -0.05) is 6.92 Å². The number of thioether (sulfide) groups is 1. The van der Waals surface area contributed by atoms with Crippen LogP contribution in [0, 0.1) is 10.1 Å². The molecular formula is C12H20N4O2S. The Morgan fingerprint density at radius 2 is 2.11 bits per heavy atom. The molecule has 0 radical (unpaired) electrons. The van der Waals surface area contributed by atoms with Gasteiger partial charge in [0, 0.05) is 18.3 Å². The summed E-state index contributed by atoms with van der Waals surface area (Å²) < 4.78 is 0. The molecule has 7 heteroatoms. The van der Waals surface area contributed by atoms with E-state index in [1.165, 1.54) is 12.1 Å². The van der Waals surface area contributed by atoms with E-state index in [2.05, 4.69) is 22.5 Å². The highest BCUT2D eigenvalue weighted by atomic mass is 32.2. The fourth-order valence-corrected chi connectivity index (χ4v) is 2.23. The van der Waals surface area contributed by atoms with Crippen molar-refractivity contribution < 1.29 is 4.92 Å². The third-order valence-electron chi connectivity index (χ3n) is 2.35. The van der Waals surface area contributed by atoms with Crippen LogP contribution in [-0.4, -0.2) is 34.0 Å². The summed E-state index contributed by atoms with van der Waals surface area (Å²) in [5.41, 5.74) is 0.0452. The molecule has 1 atom stereocenters. The van der Waals surface area contributed by atoms with Crippen LogP contribution in [0.25, 0.3) is 0 Å². The second kappa shape index (κ2) is 7.83. The molecule has 0 aliphatic heterocycles. The average Bonchev–Trinajstić information content (AvgIpc) is 2.36. The molecule has 0 bridgehead atoms. The molecule has 1 aromatic heterocycles. The normalized spacial score (nSPS) is 11.9. The van der Waals surface area contributed by atoms with E-state index in [0.717, 1.165) is 11.5 Å². The second-order valence-electron chi connectivity index (χ2n) is 4.09. The summed E-state index contributed by atoms with van der Waals surface area (Å²) in [6.07, 6.45) is 0. The zero-order valence-corrected chi connectivity index (χ0v) is 12.3. The zero-order valence-electron chi connectivity index (χ0n) is 11.5. The molecule has 0 spiro atoms. The summed E-state index contributed by atoms with van der Waals surface area (Å²) in [6, 6.07) is 3.13. The first kappa shape index (κ1) is 15.6. The Morgan fingerprint density at radius 3 is 2.68 bits per heavy atom. The van der Waals surface area contributed by atoms with Gasteiger partial charge in [-0.2, -0.15) is 11.8 Å². The standard InChI is InChI=1S/C12H20N4O2S/c1-4-13-11-6-10(16(17)18)7-12(15-11)14-9(3)8-19-5-2/h6-7,9H,4-5,8H2,1-3H3,(H2,13,14,15). The van der Waals surface area contributed by atoms with E-state index >= 15 is 0 Å². The van der Waals surface area contributed by atoms with Gasteiger partial charge in [-0.3, -0.25) is 10.1 Å². The summed E-state index contributed by atoms with van der Waals surface area (Å²) in [5, 5.41) is 17.1. The Bertz CT molecular complexity index is 428. The third-order valence-corrected chi connectivity index (χ3v) is 3.49. The fourth-order valence-electron chi connectivity index (χ4n) is 1.56. The molecule has 1 rings (SSSR count).